The molecule has 0 saturated carbocycles. The molecule has 2 aliphatic rings. The summed E-state index contributed by atoms with van der Waals surface area (Å²) < 4.78 is 0. The molecule has 1 aliphatic carbocycles. The van der Waals surface area contributed by atoms with Gasteiger partial charge < -0.3 is 4.90 Å². The molecule has 1 aromatic heterocycles. The maximum absolute atomic E-state index is 11.6. The van der Waals surface area contributed by atoms with Gasteiger partial charge in [0, 0.05) is 30.4 Å². The van der Waals surface area contributed by atoms with E-state index in [9.17, 15) is 4.79 Å². The number of carbonyl (C=O) groups excluding carboxylic acids is 1. The zero-order valence-electron chi connectivity index (χ0n) is 12.1. The lowest BCUT2D eigenvalue weighted by Crippen LogP contribution is -2.37. The van der Waals surface area contributed by atoms with Gasteiger partial charge in [0.25, 0.3) is 0 Å². The molecule has 106 valence electrons. The number of fused-ring (bicyclic) bond motifs is 1. The molecule has 0 atom stereocenters. The fourth-order valence-electron chi connectivity index (χ4n) is 3.31. The first kappa shape index (κ1) is 13.3. The average Bonchev–Trinajstić information content (AvgIpc) is 2.95. The first-order valence-electron chi connectivity index (χ1n) is 7.46. The summed E-state index contributed by atoms with van der Waals surface area (Å²) in [5.74, 6) is 1.43. The van der Waals surface area contributed by atoms with Crippen molar-refractivity contribution in [2.45, 2.75) is 44.9 Å². The summed E-state index contributed by atoms with van der Waals surface area (Å²) in [5.41, 5.74) is 3.79. The lowest BCUT2D eigenvalue weighted by Gasteiger charge is -2.30. The fourth-order valence-corrected chi connectivity index (χ4v) is 3.31. The van der Waals surface area contributed by atoms with Gasteiger partial charge in [-0.25, -0.2) is 9.97 Å². The topological polar surface area (TPSA) is 46.1 Å². The molecular weight excluding hydrogens is 250 g/mol. The van der Waals surface area contributed by atoms with E-state index in [0.717, 1.165) is 50.3 Å². The zero-order chi connectivity index (χ0) is 14.1. The van der Waals surface area contributed by atoms with Crippen molar-refractivity contribution in [3.8, 4) is 0 Å². The van der Waals surface area contributed by atoms with Gasteiger partial charge in [0.15, 0.2) is 0 Å². The predicted octanol–water partition coefficient (Wildman–Crippen LogP) is 2.17. The molecule has 0 spiro atoms. The molecule has 4 nitrogen and oxygen atoms in total. The summed E-state index contributed by atoms with van der Waals surface area (Å²) in [6.45, 7) is 7.22. The van der Waals surface area contributed by atoms with Crippen LogP contribution in [0.2, 0.25) is 0 Å². The van der Waals surface area contributed by atoms with Gasteiger partial charge >= 0.3 is 0 Å². The number of aromatic nitrogens is 2. The third-order valence-corrected chi connectivity index (χ3v) is 4.50. The molecule has 0 radical (unpaired) electrons. The SMILES string of the molecule is C=CC(=O)N1CCC(c2nc(C)c3c(n2)CCC3)CC1. The summed E-state index contributed by atoms with van der Waals surface area (Å²) in [6, 6.07) is 0. The number of hydrogen-bond donors (Lipinski definition) is 0. The van der Waals surface area contributed by atoms with Gasteiger partial charge in [0.05, 0.1) is 0 Å². The molecule has 1 saturated heterocycles. The van der Waals surface area contributed by atoms with Gasteiger partial charge in [-0.05, 0) is 50.7 Å². The first-order valence-corrected chi connectivity index (χ1v) is 7.46. The van der Waals surface area contributed by atoms with Crippen molar-refractivity contribution in [3.63, 3.8) is 0 Å². The molecule has 4 heteroatoms. The van der Waals surface area contributed by atoms with Crippen molar-refractivity contribution in [1.82, 2.24) is 14.9 Å². The molecule has 1 amide bonds. The van der Waals surface area contributed by atoms with Crippen LogP contribution >= 0.6 is 0 Å². The van der Waals surface area contributed by atoms with E-state index in [4.69, 9.17) is 9.97 Å². The molecule has 1 aliphatic heterocycles. The van der Waals surface area contributed by atoms with Crippen LogP contribution in [0.15, 0.2) is 12.7 Å². The van der Waals surface area contributed by atoms with Crippen LogP contribution in [0.4, 0.5) is 0 Å². The van der Waals surface area contributed by atoms with Gasteiger partial charge in [-0.1, -0.05) is 6.58 Å². The Hall–Kier alpha value is -1.71. The molecule has 1 aromatic rings. The van der Waals surface area contributed by atoms with Crippen molar-refractivity contribution in [1.29, 1.82) is 0 Å². The monoisotopic (exact) mass is 271 g/mol. The lowest BCUT2D eigenvalue weighted by molar-refractivity contribution is -0.127. The average molecular weight is 271 g/mol. The minimum Gasteiger partial charge on any atom is -0.339 e. The molecule has 0 N–H and O–H groups in total. The van der Waals surface area contributed by atoms with Gasteiger partial charge in [-0.15, -0.1) is 0 Å². The highest BCUT2D eigenvalue weighted by atomic mass is 16.2. The standard InChI is InChI=1S/C16H21N3O/c1-3-15(20)19-9-7-12(8-10-19)16-17-11(2)13-5-4-6-14(13)18-16/h3,12H,1,4-10H2,2H3. The molecule has 0 bridgehead atoms. The second-order valence-electron chi connectivity index (χ2n) is 5.75. The highest BCUT2D eigenvalue weighted by Gasteiger charge is 2.26. The summed E-state index contributed by atoms with van der Waals surface area (Å²) in [4.78, 5) is 23.0. The van der Waals surface area contributed by atoms with Crippen LogP contribution in [0.25, 0.3) is 0 Å². The highest BCUT2D eigenvalue weighted by molar-refractivity contribution is 5.87. The van der Waals surface area contributed by atoms with Crippen molar-refractivity contribution in [3.05, 3.63) is 35.4 Å². The van der Waals surface area contributed by atoms with E-state index >= 15 is 0 Å². The largest absolute Gasteiger partial charge is 0.339 e. The molecule has 3 rings (SSSR count). The second-order valence-corrected chi connectivity index (χ2v) is 5.75. The van der Waals surface area contributed by atoms with Crippen LogP contribution in [-0.2, 0) is 17.6 Å². The van der Waals surface area contributed by atoms with Crippen LogP contribution in [0.1, 0.15) is 48.0 Å². The third kappa shape index (κ3) is 2.35. The number of likely N-dealkylation sites (tertiary alicyclic amines) is 1. The van der Waals surface area contributed by atoms with Crippen LogP contribution in [0.3, 0.4) is 0 Å². The van der Waals surface area contributed by atoms with Gasteiger partial charge in [-0.3, -0.25) is 4.79 Å². The summed E-state index contributed by atoms with van der Waals surface area (Å²) >= 11 is 0. The summed E-state index contributed by atoms with van der Waals surface area (Å²) in [7, 11) is 0. The maximum Gasteiger partial charge on any atom is 0.245 e. The number of piperidine rings is 1. The Kier molecular flexibility index (Phi) is 3.55. The molecule has 2 heterocycles. The Bertz CT molecular complexity index is 545. The second kappa shape index (κ2) is 5.35. The normalized spacial score (nSPS) is 18.9. The van der Waals surface area contributed by atoms with Crippen LogP contribution < -0.4 is 0 Å². The minimum atomic E-state index is 0.0366. The Labute approximate surface area is 119 Å². The van der Waals surface area contributed by atoms with Crippen LogP contribution in [0.5, 0.6) is 0 Å². The smallest absolute Gasteiger partial charge is 0.245 e. The Balaban J connectivity index is 1.74. The highest BCUT2D eigenvalue weighted by Crippen LogP contribution is 2.29. The van der Waals surface area contributed by atoms with E-state index in [1.165, 1.54) is 23.8 Å². The van der Waals surface area contributed by atoms with E-state index in [0.29, 0.717) is 5.92 Å². The minimum absolute atomic E-state index is 0.0366. The summed E-state index contributed by atoms with van der Waals surface area (Å²) in [6.07, 6.45) is 6.75. The molecular formula is C16H21N3O. The van der Waals surface area contributed by atoms with E-state index < -0.39 is 0 Å². The van der Waals surface area contributed by atoms with E-state index in [1.54, 1.807) is 0 Å². The molecule has 0 unspecified atom stereocenters. The number of nitrogens with zero attached hydrogens (tertiary/aromatic N) is 3. The third-order valence-electron chi connectivity index (χ3n) is 4.50. The molecule has 1 fully saturated rings. The Morgan fingerprint density at radius 2 is 2.05 bits per heavy atom. The van der Waals surface area contributed by atoms with Gasteiger partial charge in [0.1, 0.15) is 5.82 Å². The van der Waals surface area contributed by atoms with Crippen molar-refractivity contribution in [2.24, 2.45) is 0 Å². The lowest BCUT2D eigenvalue weighted by atomic mass is 9.95. The van der Waals surface area contributed by atoms with Gasteiger partial charge in [-0.2, -0.15) is 0 Å². The number of carbonyl (C=O) groups is 1. The Morgan fingerprint density at radius 3 is 2.75 bits per heavy atom. The number of hydrogen-bond acceptors (Lipinski definition) is 3. The molecule has 20 heavy (non-hydrogen) atoms. The van der Waals surface area contributed by atoms with Crippen molar-refractivity contribution >= 4 is 5.91 Å². The van der Waals surface area contributed by atoms with E-state index in [-0.39, 0.29) is 5.91 Å². The van der Waals surface area contributed by atoms with Crippen molar-refractivity contribution < 1.29 is 4.79 Å². The zero-order valence-corrected chi connectivity index (χ0v) is 12.1. The predicted molar refractivity (Wildman–Crippen MR) is 77.5 cm³/mol. The van der Waals surface area contributed by atoms with Gasteiger partial charge in [0.2, 0.25) is 5.91 Å². The fraction of sp³-hybridized carbons (Fsp3) is 0.562. The van der Waals surface area contributed by atoms with E-state index in [2.05, 4.69) is 13.5 Å². The Morgan fingerprint density at radius 1 is 1.30 bits per heavy atom. The quantitative estimate of drug-likeness (QED) is 0.774. The first-order chi connectivity index (χ1) is 9.69. The van der Waals surface area contributed by atoms with Crippen LogP contribution in [-0.4, -0.2) is 33.9 Å². The van der Waals surface area contributed by atoms with E-state index in [1.807, 2.05) is 4.90 Å². The van der Waals surface area contributed by atoms with Crippen molar-refractivity contribution in [2.75, 3.05) is 13.1 Å². The number of aryl methyl sites for hydroxylation is 2. The maximum atomic E-state index is 11.6. The molecule has 0 aromatic carbocycles. The number of amides is 1. The van der Waals surface area contributed by atoms with Crippen LogP contribution in [0, 0.1) is 6.92 Å². The summed E-state index contributed by atoms with van der Waals surface area (Å²) in [5, 5.41) is 0. The number of rotatable bonds is 2.